The van der Waals surface area contributed by atoms with E-state index in [9.17, 15) is 4.79 Å². The van der Waals surface area contributed by atoms with E-state index in [1.807, 2.05) is 0 Å². The molecule has 0 aliphatic heterocycles. The number of aldehydes is 1. The Kier molecular flexibility index (Phi) is 6.50. The van der Waals surface area contributed by atoms with Crippen LogP contribution in [0.15, 0.2) is 0 Å². The lowest BCUT2D eigenvalue weighted by molar-refractivity contribution is -0.107. The molecule has 0 rings (SSSR count). The lowest BCUT2D eigenvalue weighted by Crippen LogP contribution is -2.18. The molecule has 0 aromatic heterocycles. The van der Waals surface area contributed by atoms with Crippen LogP contribution in [0.1, 0.15) is 26.2 Å². The van der Waals surface area contributed by atoms with Crippen molar-refractivity contribution >= 4 is 6.29 Å². The quantitative estimate of drug-likeness (QED) is 0.412. The monoisotopic (exact) mass is 143 g/mol. The Morgan fingerprint density at radius 1 is 1.40 bits per heavy atom. The van der Waals surface area contributed by atoms with Gasteiger partial charge in [0.15, 0.2) is 0 Å². The highest BCUT2D eigenvalue weighted by atomic mass is 16.1. The molecule has 0 fully saturated rings. The molecule has 2 nitrogen and oxygen atoms in total. The number of unbranched alkanes of at least 4 members (excludes halogenated alkanes) is 2. The van der Waals surface area contributed by atoms with Crippen LogP contribution in [0.3, 0.4) is 0 Å². The molecule has 0 N–H and O–H groups in total. The van der Waals surface area contributed by atoms with E-state index in [1.165, 1.54) is 0 Å². The summed E-state index contributed by atoms with van der Waals surface area (Å²) < 4.78 is 0. The molecule has 0 radical (unpaired) electrons. The molecule has 10 heavy (non-hydrogen) atoms. The second-order valence-corrected chi connectivity index (χ2v) is 2.56. The molecular weight excluding hydrogens is 126 g/mol. The van der Waals surface area contributed by atoms with Gasteiger partial charge in [-0.2, -0.15) is 0 Å². The molecule has 0 heterocycles. The predicted octanol–water partition coefficient (Wildman–Crippen LogP) is 1.31. The predicted molar refractivity (Wildman–Crippen MR) is 43.1 cm³/mol. The van der Waals surface area contributed by atoms with Crippen molar-refractivity contribution in [2.24, 2.45) is 0 Å². The van der Waals surface area contributed by atoms with Crippen LogP contribution in [0.2, 0.25) is 0 Å². The molecule has 0 unspecified atom stereocenters. The highest BCUT2D eigenvalue weighted by molar-refractivity contribution is 5.48. The summed E-state index contributed by atoms with van der Waals surface area (Å²) in [4.78, 5) is 12.2. The molecule has 0 saturated carbocycles. The lowest BCUT2D eigenvalue weighted by Gasteiger charge is -2.11. The SMILES string of the molecule is CCN(C)CCCCC=O. The van der Waals surface area contributed by atoms with Gasteiger partial charge in [0, 0.05) is 6.42 Å². The van der Waals surface area contributed by atoms with Crippen molar-refractivity contribution in [3.05, 3.63) is 0 Å². The second-order valence-electron chi connectivity index (χ2n) is 2.56. The molecule has 0 bridgehead atoms. The minimum atomic E-state index is 0.720. The summed E-state index contributed by atoms with van der Waals surface area (Å²) >= 11 is 0. The zero-order valence-corrected chi connectivity index (χ0v) is 6.97. The maximum Gasteiger partial charge on any atom is 0.119 e. The third-order valence-electron chi connectivity index (χ3n) is 1.65. The average molecular weight is 143 g/mol. The first-order valence-electron chi connectivity index (χ1n) is 3.93. The number of carbonyl (C=O) groups is 1. The second kappa shape index (κ2) is 6.75. The molecule has 0 saturated heterocycles. The van der Waals surface area contributed by atoms with E-state index in [0.29, 0.717) is 0 Å². The highest BCUT2D eigenvalue weighted by Gasteiger charge is 1.92. The first-order chi connectivity index (χ1) is 4.81. The van der Waals surface area contributed by atoms with Gasteiger partial charge in [0.05, 0.1) is 0 Å². The van der Waals surface area contributed by atoms with E-state index < -0.39 is 0 Å². The number of hydrogen-bond donors (Lipinski definition) is 0. The molecule has 2 heteroatoms. The fraction of sp³-hybridized carbons (Fsp3) is 0.875. The Balaban J connectivity index is 2.95. The Hall–Kier alpha value is -0.370. The van der Waals surface area contributed by atoms with Crippen molar-refractivity contribution in [2.75, 3.05) is 20.1 Å². The lowest BCUT2D eigenvalue weighted by atomic mass is 10.2. The van der Waals surface area contributed by atoms with Gasteiger partial charge in [-0.25, -0.2) is 0 Å². The van der Waals surface area contributed by atoms with Crippen LogP contribution in [0.4, 0.5) is 0 Å². The van der Waals surface area contributed by atoms with Gasteiger partial charge in [0.25, 0.3) is 0 Å². The molecule has 0 aliphatic rings. The minimum Gasteiger partial charge on any atom is -0.307 e. The summed E-state index contributed by atoms with van der Waals surface area (Å²) in [5.74, 6) is 0. The highest BCUT2D eigenvalue weighted by Crippen LogP contribution is 1.94. The van der Waals surface area contributed by atoms with Gasteiger partial charge in [0.2, 0.25) is 0 Å². The fourth-order valence-corrected chi connectivity index (χ4v) is 0.768. The number of rotatable bonds is 6. The Bertz CT molecular complexity index is 83.3. The Labute approximate surface area is 63.2 Å². The summed E-state index contributed by atoms with van der Waals surface area (Å²) in [6.45, 7) is 4.35. The van der Waals surface area contributed by atoms with Gasteiger partial charge in [-0.05, 0) is 33.0 Å². The topological polar surface area (TPSA) is 20.3 Å². The van der Waals surface area contributed by atoms with E-state index in [2.05, 4.69) is 18.9 Å². The maximum atomic E-state index is 9.91. The Morgan fingerprint density at radius 3 is 2.60 bits per heavy atom. The van der Waals surface area contributed by atoms with Gasteiger partial charge >= 0.3 is 0 Å². The van der Waals surface area contributed by atoms with Crippen LogP contribution in [0.25, 0.3) is 0 Å². The number of carbonyl (C=O) groups excluding carboxylic acids is 1. The summed E-state index contributed by atoms with van der Waals surface area (Å²) in [5.41, 5.74) is 0. The van der Waals surface area contributed by atoms with Gasteiger partial charge in [-0.1, -0.05) is 6.92 Å². The van der Waals surface area contributed by atoms with Gasteiger partial charge in [0.1, 0.15) is 6.29 Å². The van der Waals surface area contributed by atoms with E-state index in [-0.39, 0.29) is 0 Å². The summed E-state index contributed by atoms with van der Waals surface area (Å²) in [6, 6.07) is 0. The van der Waals surface area contributed by atoms with E-state index in [4.69, 9.17) is 0 Å². The average Bonchev–Trinajstić information content (AvgIpc) is 1.98. The van der Waals surface area contributed by atoms with Gasteiger partial charge in [-0.3, -0.25) is 0 Å². The molecule has 0 aliphatic carbocycles. The van der Waals surface area contributed by atoms with Gasteiger partial charge in [-0.15, -0.1) is 0 Å². The van der Waals surface area contributed by atoms with Crippen LogP contribution in [0.5, 0.6) is 0 Å². The molecule has 0 aromatic rings. The van der Waals surface area contributed by atoms with Crippen LogP contribution >= 0.6 is 0 Å². The van der Waals surface area contributed by atoms with Gasteiger partial charge < -0.3 is 9.69 Å². The summed E-state index contributed by atoms with van der Waals surface area (Å²) in [6.07, 6.45) is 3.89. The molecule has 0 atom stereocenters. The van der Waals surface area contributed by atoms with Crippen molar-refractivity contribution in [3.8, 4) is 0 Å². The minimum absolute atomic E-state index is 0.720. The smallest absolute Gasteiger partial charge is 0.119 e. The van der Waals surface area contributed by atoms with Crippen LogP contribution in [-0.2, 0) is 4.79 Å². The molecule has 0 spiro atoms. The fourth-order valence-electron chi connectivity index (χ4n) is 0.768. The van der Waals surface area contributed by atoms with Crippen LogP contribution < -0.4 is 0 Å². The van der Waals surface area contributed by atoms with E-state index in [1.54, 1.807) is 0 Å². The summed E-state index contributed by atoms with van der Waals surface area (Å²) in [5, 5.41) is 0. The normalized spacial score (nSPS) is 10.3. The van der Waals surface area contributed by atoms with E-state index >= 15 is 0 Å². The van der Waals surface area contributed by atoms with Crippen LogP contribution in [-0.4, -0.2) is 31.3 Å². The first-order valence-corrected chi connectivity index (χ1v) is 3.93. The zero-order valence-electron chi connectivity index (χ0n) is 6.97. The standard InChI is InChI=1S/C8H17NO/c1-3-9(2)7-5-4-6-8-10/h8H,3-7H2,1-2H3. The summed E-state index contributed by atoms with van der Waals surface area (Å²) in [7, 11) is 2.10. The van der Waals surface area contributed by atoms with Crippen molar-refractivity contribution in [1.29, 1.82) is 0 Å². The molecule has 60 valence electrons. The number of hydrogen-bond acceptors (Lipinski definition) is 2. The third kappa shape index (κ3) is 5.76. The van der Waals surface area contributed by atoms with Crippen LogP contribution in [0, 0.1) is 0 Å². The van der Waals surface area contributed by atoms with Crippen molar-refractivity contribution in [2.45, 2.75) is 26.2 Å². The Morgan fingerprint density at radius 2 is 2.10 bits per heavy atom. The molecular formula is C8H17NO. The number of nitrogens with zero attached hydrogens (tertiary/aromatic N) is 1. The van der Waals surface area contributed by atoms with Crippen molar-refractivity contribution < 1.29 is 4.79 Å². The van der Waals surface area contributed by atoms with Crippen molar-refractivity contribution in [1.82, 2.24) is 4.90 Å². The van der Waals surface area contributed by atoms with E-state index in [0.717, 1.165) is 38.6 Å². The first kappa shape index (κ1) is 9.63. The molecule has 0 amide bonds. The van der Waals surface area contributed by atoms with Crippen molar-refractivity contribution in [3.63, 3.8) is 0 Å². The maximum absolute atomic E-state index is 9.91. The zero-order chi connectivity index (χ0) is 7.82. The largest absolute Gasteiger partial charge is 0.307 e. The third-order valence-corrected chi connectivity index (χ3v) is 1.65. The molecule has 0 aromatic carbocycles.